The Morgan fingerprint density at radius 3 is 2.40 bits per heavy atom. The minimum Gasteiger partial charge on any atom is -0.507 e. The van der Waals surface area contributed by atoms with Crippen LogP contribution in [0.15, 0.2) is 45.8 Å². The van der Waals surface area contributed by atoms with Gasteiger partial charge in [0.1, 0.15) is 17.9 Å². The quantitative estimate of drug-likeness (QED) is 0.332. The lowest BCUT2D eigenvalue weighted by Gasteiger charge is -2.32. The summed E-state index contributed by atoms with van der Waals surface area (Å²) >= 11 is 0. The number of ketones is 1. The van der Waals surface area contributed by atoms with Gasteiger partial charge < -0.3 is 14.6 Å². The van der Waals surface area contributed by atoms with Crippen LogP contribution in [0.4, 0.5) is 0 Å². The lowest BCUT2D eigenvalue weighted by atomic mass is 9.68. The number of epoxide rings is 1. The number of esters is 1. The highest BCUT2D eigenvalue weighted by molar-refractivity contribution is 6.10. The standard InChI is InChI=1S/C25H34O5/c1-15(10-11-19-24(4,5)30-19)8-7-9-16(2)12-13-25(6)18-14-29-23(28)20(18)21(26)17(3)22(25)27/h8,12,19,26H,7,9-11,13-14H2,1-6H3/b15-8+,16-12+/t19-,25+/m0/s1. The first-order chi connectivity index (χ1) is 14.0. The minimum atomic E-state index is -0.845. The Bertz CT molecular complexity index is 883. The van der Waals surface area contributed by atoms with Crippen LogP contribution in [-0.2, 0) is 19.1 Å². The normalized spacial score (nSPS) is 28.8. The van der Waals surface area contributed by atoms with Crippen LogP contribution in [0.1, 0.15) is 73.6 Å². The Kier molecular flexibility index (Phi) is 6.15. The molecule has 0 saturated carbocycles. The molecule has 3 aliphatic rings. The second-order valence-corrected chi connectivity index (χ2v) is 9.66. The monoisotopic (exact) mass is 414 g/mol. The zero-order valence-corrected chi connectivity index (χ0v) is 19.1. The van der Waals surface area contributed by atoms with E-state index in [1.807, 2.05) is 6.92 Å². The molecule has 2 heterocycles. The molecule has 5 nitrogen and oxygen atoms in total. The van der Waals surface area contributed by atoms with Crippen molar-refractivity contribution < 1.29 is 24.2 Å². The zero-order valence-electron chi connectivity index (χ0n) is 19.1. The molecule has 0 aromatic carbocycles. The second-order valence-electron chi connectivity index (χ2n) is 9.66. The molecule has 2 aliphatic heterocycles. The molecule has 164 valence electrons. The van der Waals surface area contributed by atoms with Crippen LogP contribution >= 0.6 is 0 Å². The van der Waals surface area contributed by atoms with Crippen molar-refractivity contribution >= 4 is 11.8 Å². The van der Waals surface area contributed by atoms with E-state index in [-0.39, 0.29) is 34.9 Å². The minimum absolute atomic E-state index is 0.0564. The molecule has 1 saturated heterocycles. The first kappa shape index (κ1) is 22.5. The average molecular weight is 415 g/mol. The van der Waals surface area contributed by atoms with E-state index in [0.29, 0.717) is 18.1 Å². The van der Waals surface area contributed by atoms with Gasteiger partial charge in [-0.1, -0.05) is 23.3 Å². The van der Waals surface area contributed by atoms with Crippen molar-refractivity contribution in [1.29, 1.82) is 0 Å². The highest BCUT2D eigenvalue weighted by atomic mass is 16.6. The molecule has 0 aromatic heterocycles. The predicted octanol–water partition coefficient (Wildman–Crippen LogP) is 5.28. The van der Waals surface area contributed by atoms with Crippen LogP contribution < -0.4 is 0 Å². The second kappa shape index (κ2) is 8.18. The largest absolute Gasteiger partial charge is 0.507 e. The lowest BCUT2D eigenvalue weighted by Crippen LogP contribution is -2.35. The fourth-order valence-corrected chi connectivity index (χ4v) is 4.37. The Balaban J connectivity index is 1.58. The third kappa shape index (κ3) is 4.31. The summed E-state index contributed by atoms with van der Waals surface area (Å²) in [7, 11) is 0. The highest BCUT2D eigenvalue weighted by Gasteiger charge is 2.49. The molecular weight excluding hydrogens is 380 g/mol. The first-order valence-electron chi connectivity index (χ1n) is 10.8. The van der Waals surface area contributed by atoms with Gasteiger partial charge in [0.25, 0.3) is 0 Å². The number of aliphatic hydroxyl groups is 1. The number of rotatable bonds is 8. The van der Waals surface area contributed by atoms with Gasteiger partial charge in [0.05, 0.1) is 17.1 Å². The maximum Gasteiger partial charge on any atom is 0.342 e. The van der Waals surface area contributed by atoms with E-state index in [2.05, 4.69) is 39.8 Å². The number of carbonyl (C=O) groups excluding carboxylic acids is 2. The van der Waals surface area contributed by atoms with E-state index in [0.717, 1.165) is 25.7 Å². The van der Waals surface area contributed by atoms with E-state index in [1.54, 1.807) is 6.92 Å². The van der Waals surface area contributed by atoms with Crippen molar-refractivity contribution in [3.8, 4) is 0 Å². The summed E-state index contributed by atoms with van der Waals surface area (Å²) < 4.78 is 10.8. The number of carbonyl (C=O) groups is 2. The summed E-state index contributed by atoms with van der Waals surface area (Å²) in [6.45, 7) is 12.0. The van der Waals surface area contributed by atoms with E-state index in [1.165, 1.54) is 11.1 Å². The van der Waals surface area contributed by atoms with Gasteiger partial charge in [0.15, 0.2) is 5.78 Å². The predicted molar refractivity (Wildman–Crippen MR) is 116 cm³/mol. The molecule has 1 N–H and O–H groups in total. The number of hydrogen-bond donors (Lipinski definition) is 1. The van der Waals surface area contributed by atoms with Crippen LogP contribution in [0, 0.1) is 5.41 Å². The maximum atomic E-state index is 12.9. The van der Waals surface area contributed by atoms with E-state index in [4.69, 9.17) is 9.47 Å². The topological polar surface area (TPSA) is 76.1 Å². The SMILES string of the molecule is CC1=C(O)C2=C(COC2=O)[C@@](C)(C/C=C(\C)CC/C=C(\C)CC[C@@H]2OC2(C)C)C1=O. The van der Waals surface area contributed by atoms with Gasteiger partial charge in [-0.15, -0.1) is 0 Å². The average Bonchev–Trinajstić information content (AvgIpc) is 3.10. The van der Waals surface area contributed by atoms with Gasteiger partial charge in [-0.2, -0.15) is 0 Å². The summed E-state index contributed by atoms with van der Waals surface area (Å²) in [5.74, 6) is -0.903. The van der Waals surface area contributed by atoms with Crippen LogP contribution in [-0.4, -0.2) is 35.2 Å². The van der Waals surface area contributed by atoms with Crippen LogP contribution in [0.3, 0.4) is 0 Å². The summed E-state index contributed by atoms with van der Waals surface area (Å²) in [4.78, 5) is 25.0. The summed E-state index contributed by atoms with van der Waals surface area (Å²) in [5, 5.41) is 10.2. The third-order valence-electron chi connectivity index (χ3n) is 6.81. The Morgan fingerprint density at radius 2 is 1.77 bits per heavy atom. The van der Waals surface area contributed by atoms with E-state index < -0.39 is 11.4 Å². The van der Waals surface area contributed by atoms with Gasteiger partial charge in [-0.05, 0) is 79.2 Å². The zero-order chi connectivity index (χ0) is 22.3. The molecule has 0 bridgehead atoms. The number of Topliss-reactive ketones (excluding diaryl/α,β-unsaturated/α-hetero) is 1. The molecule has 30 heavy (non-hydrogen) atoms. The first-order valence-corrected chi connectivity index (χ1v) is 10.8. The lowest BCUT2D eigenvalue weighted by molar-refractivity contribution is -0.136. The van der Waals surface area contributed by atoms with Crippen molar-refractivity contribution in [2.75, 3.05) is 6.61 Å². The molecule has 2 atom stereocenters. The van der Waals surface area contributed by atoms with Gasteiger partial charge >= 0.3 is 5.97 Å². The summed E-state index contributed by atoms with van der Waals surface area (Å²) in [6.07, 6.45) is 9.27. The highest BCUT2D eigenvalue weighted by Crippen LogP contribution is 2.46. The molecule has 3 rings (SSSR count). The van der Waals surface area contributed by atoms with Gasteiger partial charge in [-0.25, -0.2) is 4.79 Å². The van der Waals surface area contributed by atoms with Crippen molar-refractivity contribution in [2.24, 2.45) is 5.41 Å². The van der Waals surface area contributed by atoms with Gasteiger partial charge in [0.2, 0.25) is 0 Å². The molecule has 0 unspecified atom stereocenters. The van der Waals surface area contributed by atoms with Crippen LogP contribution in [0.5, 0.6) is 0 Å². The Hall–Kier alpha value is -2.14. The van der Waals surface area contributed by atoms with Crippen molar-refractivity contribution in [2.45, 2.75) is 85.4 Å². The number of allylic oxidation sites excluding steroid dienone is 5. The number of cyclic esters (lactones) is 1. The molecule has 0 radical (unpaired) electrons. The van der Waals surface area contributed by atoms with Crippen LogP contribution in [0.25, 0.3) is 0 Å². The number of ether oxygens (including phenoxy) is 2. The molecule has 1 fully saturated rings. The molecule has 0 amide bonds. The molecule has 0 aromatic rings. The van der Waals surface area contributed by atoms with Gasteiger partial charge in [0, 0.05) is 5.57 Å². The van der Waals surface area contributed by atoms with Crippen molar-refractivity contribution in [3.05, 3.63) is 45.8 Å². The summed E-state index contributed by atoms with van der Waals surface area (Å²) in [5.41, 5.74) is 2.83. The molecular formula is C25H34O5. The Labute approximate surface area is 179 Å². The fraction of sp³-hybridized carbons (Fsp3) is 0.600. The smallest absolute Gasteiger partial charge is 0.342 e. The number of hydrogen-bond acceptors (Lipinski definition) is 5. The number of aliphatic hydroxyl groups excluding tert-OH is 1. The maximum absolute atomic E-state index is 12.9. The van der Waals surface area contributed by atoms with Crippen molar-refractivity contribution in [1.82, 2.24) is 0 Å². The van der Waals surface area contributed by atoms with Gasteiger partial charge in [-0.3, -0.25) is 4.79 Å². The van der Waals surface area contributed by atoms with Crippen LogP contribution in [0.2, 0.25) is 0 Å². The summed E-state index contributed by atoms with van der Waals surface area (Å²) in [6, 6.07) is 0. The molecule has 1 aliphatic carbocycles. The third-order valence-corrected chi connectivity index (χ3v) is 6.81. The van der Waals surface area contributed by atoms with E-state index in [9.17, 15) is 14.7 Å². The van der Waals surface area contributed by atoms with Crippen molar-refractivity contribution in [3.63, 3.8) is 0 Å². The fourth-order valence-electron chi connectivity index (χ4n) is 4.37. The molecule has 5 heteroatoms. The van der Waals surface area contributed by atoms with E-state index >= 15 is 0 Å². The molecule has 0 spiro atoms. The Morgan fingerprint density at radius 1 is 1.13 bits per heavy atom.